The lowest BCUT2D eigenvalue weighted by Crippen LogP contribution is -2.41. The number of amides is 2. The first-order chi connectivity index (χ1) is 12.0. The first-order valence-corrected chi connectivity index (χ1v) is 8.36. The highest BCUT2D eigenvalue weighted by atomic mass is 35.5. The van der Waals surface area contributed by atoms with Gasteiger partial charge in [-0.1, -0.05) is 41.9 Å². The molecule has 5 nitrogen and oxygen atoms in total. The van der Waals surface area contributed by atoms with Crippen molar-refractivity contribution in [3.05, 3.63) is 70.7 Å². The molecule has 0 heterocycles. The number of hydrogen-bond donors (Lipinski definition) is 2. The number of benzene rings is 2. The van der Waals surface area contributed by atoms with Gasteiger partial charge in [-0.05, 0) is 43.9 Å². The third-order valence-corrected chi connectivity index (χ3v) is 3.85. The predicted octanol–water partition coefficient (Wildman–Crippen LogP) is 2.49. The Bertz CT molecular complexity index is 702. The van der Waals surface area contributed by atoms with E-state index in [0.717, 1.165) is 5.56 Å². The van der Waals surface area contributed by atoms with Gasteiger partial charge in [-0.25, -0.2) is 0 Å². The van der Waals surface area contributed by atoms with Crippen LogP contribution in [0.2, 0.25) is 5.02 Å². The highest BCUT2D eigenvalue weighted by Gasteiger charge is 2.16. The number of carbonyl (C=O) groups is 2. The summed E-state index contributed by atoms with van der Waals surface area (Å²) in [6.45, 7) is 0.582. The molecule has 0 saturated heterocycles. The fraction of sp³-hybridized carbons (Fsp3) is 0.263. The Morgan fingerprint density at radius 2 is 1.68 bits per heavy atom. The van der Waals surface area contributed by atoms with Crippen molar-refractivity contribution >= 4 is 23.4 Å². The molecule has 2 amide bonds. The van der Waals surface area contributed by atoms with Gasteiger partial charge in [0, 0.05) is 17.1 Å². The van der Waals surface area contributed by atoms with Crippen LogP contribution in [0.15, 0.2) is 54.6 Å². The number of carbonyl (C=O) groups excluding carboxylic acids is 2. The van der Waals surface area contributed by atoms with Gasteiger partial charge in [0.05, 0.1) is 12.6 Å². The number of halogens is 1. The van der Waals surface area contributed by atoms with Gasteiger partial charge >= 0.3 is 0 Å². The van der Waals surface area contributed by atoms with Gasteiger partial charge in [-0.2, -0.15) is 0 Å². The van der Waals surface area contributed by atoms with E-state index in [1.54, 1.807) is 24.3 Å². The first-order valence-electron chi connectivity index (χ1n) is 7.98. The molecule has 2 rings (SSSR count). The van der Waals surface area contributed by atoms with Gasteiger partial charge in [0.15, 0.2) is 0 Å². The van der Waals surface area contributed by atoms with Crippen LogP contribution in [0, 0.1) is 0 Å². The van der Waals surface area contributed by atoms with E-state index in [0.29, 0.717) is 17.1 Å². The van der Waals surface area contributed by atoms with Crippen LogP contribution in [-0.4, -0.2) is 43.9 Å². The lowest BCUT2D eigenvalue weighted by atomic mass is 10.1. The van der Waals surface area contributed by atoms with Crippen LogP contribution in [-0.2, 0) is 4.79 Å². The molecule has 6 heteroatoms. The molecule has 0 spiro atoms. The zero-order chi connectivity index (χ0) is 18.2. The minimum atomic E-state index is -0.310. The van der Waals surface area contributed by atoms with Crippen LogP contribution in [0.3, 0.4) is 0 Å². The first kappa shape index (κ1) is 19.0. The van der Waals surface area contributed by atoms with E-state index in [2.05, 4.69) is 10.6 Å². The zero-order valence-electron chi connectivity index (χ0n) is 14.3. The molecular weight excluding hydrogens is 338 g/mol. The second-order valence-electron chi connectivity index (χ2n) is 5.98. The lowest BCUT2D eigenvalue weighted by molar-refractivity contribution is -0.121. The molecule has 0 aliphatic heterocycles. The molecule has 2 N–H and O–H groups in total. The molecule has 0 fully saturated rings. The lowest BCUT2D eigenvalue weighted by Gasteiger charge is -2.23. The molecule has 0 unspecified atom stereocenters. The fourth-order valence-corrected chi connectivity index (χ4v) is 2.52. The van der Waals surface area contributed by atoms with E-state index in [-0.39, 0.29) is 24.4 Å². The molecule has 2 aromatic carbocycles. The maximum Gasteiger partial charge on any atom is 0.251 e. The highest BCUT2D eigenvalue weighted by Crippen LogP contribution is 2.13. The SMILES string of the molecule is CN(C)C[C@H](NC(=O)CNC(=O)c1ccc(Cl)cc1)c1ccccc1. The Hall–Kier alpha value is -2.37. The van der Waals surface area contributed by atoms with Gasteiger partial charge in [-0.15, -0.1) is 0 Å². The van der Waals surface area contributed by atoms with Gasteiger partial charge < -0.3 is 15.5 Å². The summed E-state index contributed by atoms with van der Waals surface area (Å²) in [5.41, 5.74) is 1.48. The zero-order valence-corrected chi connectivity index (χ0v) is 15.1. The normalized spacial score (nSPS) is 11.8. The summed E-state index contributed by atoms with van der Waals surface area (Å²) in [4.78, 5) is 26.3. The Balaban J connectivity index is 1.92. The van der Waals surface area contributed by atoms with E-state index < -0.39 is 0 Å². The third kappa shape index (κ3) is 6.21. The number of hydrogen-bond acceptors (Lipinski definition) is 3. The summed E-state index contributed by atoms with van der Waals surface area (Å²) in [5.74, 6) is -0.547. The third-order valence-electron chi connectivity index (χ3n) is 3.60. The second-order valence-corrected chi connectivity index (χ2v) is 6.42. The van der Waals surface area contributed by atoms with Gasteiger partial charge in [-0.3, -0.25) is 9.59 Å². The van der Waals surface area contributed by atoms with Crippen LogP contribution in [0.5, 0.6) is 0 Å². The second kappa shape index (κ2) is 9.20. The topological polar surface area (TPSA) is 61.4 Å². The summed E-state index contributed by atoms with van der Waals surface area (Å²) in [5, 5.41) is 6.14. The maximum absolute atomic E-state index is 12.2. The molecule has 25 heavy (non-hydrogen) atoms. The molecule has 132 valence electrons. The molecule has 1 atom stereocenters. The van der Waals surface area contributed by atoms with Crippen molar-refractivity contribution in [1.29, 1.82) is 0 Å². The summed E-state index contributed by atoms with van der Waals surface area (Å²) in [7, 11) is 3.90. The molecule has 0 aliphatic rings. The van der Waals surface area contributed by atoms with Crippen molar-refractivity contribution in [2.24, 2.45) is 0 Å². The smallest absolute Gasteiger partial charge is 0.251 e. The Morgan fingerprint density at radius 3 is 2.28 bits per heavy atom. The van der Waals surface area contributed by atoms with Crippen molar-refractivity contribution in [3.8, 4) is 0 Å². The average molecular weight is 360 g/mol. The van der Waals surface area contributed by atoms with E-state index in [1.807, 2.05) is 49.3 Å². The Morgan fingerprint density at radius 1 is 1.04 bits per heavy atom. The van der Waals surface area contributed by atoms with E-state index in [4.69, 9.17) is 11.6 Å². The molecule has 0 bridgehead atoms. The summed E-state index contributed by atoms with van der Waals surface area (Å²) >= 11 is 5.80. The molecular formula is C19H22ClN3O2. The van der Waals surface area contributed by atoms with E-state index in [9.17, 15) is 9.59 Å². The number of nitrogens with zero attached hydrogens (tertiary/aromatic N) is 1. The minimum absolute atomic E-state index is 0.0851. The minimum Gasteiger partial charge on any atom is -0.346 e. The summed E-state index contributed by atoms with van der Waals surface area (Å²) in [6.07, 6.45) is 0. The molecule has 0 saturated carbocycles. The van der Waals surface area contributed by atoms with Crippen molar-refractivity contribution in [1.82, 2.24) is 15.5 Å². The van der Waals surface area contributed by atoms with Crippen LogP contribution in [0.4, 0.5) is 0 Å². The molecule has 0 radical (unpaired) electrons. The van der Waals surface area contributed by atoms with Crippen molar-refractivity contribution < 1.29 is 9.59 Å². The predicted molar refractivity (Wildman–Crippen MR) is 99.7 cm³/mol. The van der Waals surface area contributed by atoms with Gasteiger partial charge in [0.25, 0.3) is 5.91 Å². The highest BCUT2D eigenvalue weighted by molar-refractivity contribution is 6.30. The molecule has 0 aliphatic carbocycles. The van der Waals surface area contributed by atoms with Crippen LogP contribution in [0.25, 0.3) is 0 Å². The number of likely N-dealkylation sites (N-methyl/N-ethyl adjacent to an activating group) is 1. The van der Waals surface area contributed by atoms with Crippen LogP contribution >= 0.6 is 11.6 Å². The standard InChI is InChI=1S/C19H22ClN3O2/c1-23(2)13-17(14-6-4-3-5-7-14)22-18(24)12-21-19(25)15-8-10-16(20)11-9-15/h3-11,17H,12-13H2,1-2H3,(H,21,25)(H,22,24)/t17-/m0/s1. The van der Waals surface area contributed by atoms with Crippen molar-refractivity contribution in [2.75, 3.05) is 27.2 Å². The van der Waals surface area contributed by atoms with Crippen molar-refractivity contribution in [3.63, 3.8) is 0 Å². The Labute approximate surface area is 153 Å². The van der Waals surface area contributed by atoms with Gasteiger partial charge in [0.1, 0.15) is 0 Å². The quantitative estimate of drug-likeness (QED) is 0.798. The maximum atomic E-state index is 12.2. The monoisotopic (exact) mass is 359 g/mol. The van der Waals surface area contributed by atoms with Crippen LogP contribution < -0.4 is 10.6 Å². The van der Waals surface area contributed by atoms with Crippen LogP contribution in [0.1, 0.15) is 22.0 Å². The number of rotatable bonds is 7. The van der Waals surface area contributed by atoms with E-state index >= 15 is 0 Å². The Kier molecular flexibility index (Phi) is 6.98. The average Bonchev–Trinajstić information content (AvgIpc) is 2.60. The fourth-order valence-electron chi connectivity index (χ4n) is 2.39. The van der Waals surface area contributed by atoms with Gasteiger partial charge in [0.2, 0.25) is 5.91 Å². The van der Waals surface area contributed by atoms with E-state index in [1.165, 1.54) is 0 Å². The largest absolute Gasteiger partial charge is 0.346 e. The number of nitrogens with one attached hydrogen (secondary N) is 2. The van der Waals surface area contributed by atoms with Crippen molar-refractivity contribution in [2.45, 2.75) is 6.04 Å². The molecule has 0 aromatic heterocycles. The summed E-state index contributed by atoms with van der Waals surface area (Å²) < 4.78 is 0. The summed E-state index contributed by atoms with van der Waals surface area (Å²) in [6, 6.07) is 16.1. The molecule has 2 aromatic rings.